The summed E-state index contributed by atoms with van der Waals surface area (Å²) in [4.78, 5) is 11.8. The highest BCUT2D eigenvalue weighted by Gasteiger charge is 2.11. The molecule has 15 heavy (non-hydrogen) atoms. The molecular weight excluding hydrogens is 188 g/mol. The third-order valence-corrected chi connectivity index (χ3v) is 2.58. The van der Waals surface area contributed by atoms with Gasteiger partial charge in [-0.05, 0) is 38.0 Å². The molecule has 0 aliphatic rings. The van der Waals surface area contributed by atoms with Crippen LogP contribution in [0.4, 0.5) is 0 Å². The van der Waals surface area contributed by atoms with Crippen LogP contribution < -0.4 is 11.1 Å². The van der Waals surface area contributed by atoms with Gasteiger partial charge in [-0.15, -0.1) is 0 Å². The van der Waals surface area contributed by atoms with Gasteiger partial charge in [-0.25, -0.2) is 0 Å². The van der Waals surface area contributed by atoms with Crippen LogP contribution in [0.3, 0.4) is 0 Å². The van der Waals surface area contributed by atoms with E-state index in [0.717, 1.165) is 16.7 Å². The lowest BCUT2D eigenvalue weighted by atomic mass is 10.0. The summed E-state index contributed by atoms with van der Waals surface area (Å²) in [5.74, 6) is -0.0471. The molecule has 1 atom stereocenters. The Morgan fingerprint density at radius 2 is 2.13 bits per heavy atom. The normalized spacial score (nSPS) is 12.3. The molecule has 3 N–H and O–H groups in total. The second-order valence-electron chi connectivity index (χ2n) is 3.86. The van der Waals surface area contributed by atoms with Crippen molar-refractivity contribution in [3.63, 3.8) is 0 Å². The first kappa shape index (κ1) is 11.7. The molecule has 1 rings (SSSR count). The first-order valence-corrected chi connectivity index (χ1v) is 5.13. The van der Waals surface area contributed by atoms with Gasteiger partial charge >= 0.3 is 0 Å². The summed E-state index contributed by atoms with van der Waals surface area (Å²) < 4.78 is 0. The molecular formula is C12H18N2O. The molecule has 3 heteroatoms. The van der Waals surface area contributed by atoms with E-state index in [0.29, 0.717) is 6.54 Å². The number of nitrogens with one attached hydrogen (secondary N) is 1. The van der Waals surface area contributed by atoms with E-state index < -0.39 is 0 Å². The maximum absolute atomic E-state index is 11.8. The van der Waals surface area contributed by atoms with Gasteiger partial charge in [-0.1, -0.05) is 12.1 Å². The van der Waals surface area contributed by atoms with E-state index in [9.17, 15) is 4.79 Å². The summed E-state index contributed by atoms with van der Waals surface area (Å²) in [6.07, 6.45) is 0. The van der Waals surface area contributed by atoms with Crippen LogP contribution in [0.2, 0.25) is 0 Å². The second kappa shape index (κ2) is 4.94. The van der Waals surface area contributed by atoms with Crippen molar-refractivity contribution in [3.8, 4) is 0 Å². The quantitative estimate of drug-likeness (QED) is 0.785. The first-order valence-electron chi connectivity index (χ1n) is 5.13. The van der Waals surface area contributed by atoms with Gasteiger partial charge in [0.05, 0.1) is 0 Å². The van der Waals surface area contributed by atoms with Crippen LogP contribution in [0.25, 0.3) is 0 Å². The molecule has 0 spiro atoms. The SMILES string of the molecule is Cc1cccc(C(=O)NC(C)CN)c1C. The van der Waals surface area contributed by atoms with Gasteiger partial charge in [-0.2, -0.15) is 0 Å². The number of amides is 1. The Morgan fingerprint density at radius 1 is 1.47 bits per heavy atom. The number of carbonyl (C=O) groups is 1. The Morgan fingerprint density at radius 3 is 2.73 bits per heavy atom. The lowest BCUT2D eigenvalue weighted by molar-refractivity contribution is 0.0940. The lowest BCUT2D eigenvalue weighted by Gasteiger charge is -2.13. The summed E-state index contributed by atoms with van der Waals surface area (Å²) in [7, 11) is 0. The molecule has 1 amide bonds. The van der Waals surface area contributed by atoms with Crippen LogP contribution in [-0.4, -0.2) is 18.5 Å². The predicted octanol–water partition coefficient (Wildman–Crippen LogP) is 1.38. The molecule has 1 aromatic rings. The Hall–Kier alpha value is -1.35. The minimum atomic E-state index is -0.0471. The molecule has 0 aromatic heterocycles. The molecule has 0 radical (unpaired) electrons. The number of aryl methyl sites for hydroxylation is 1. The van der Waals surface area contributed by atoms with Crippen LogP contribution in [-0.2, 0) is 0 Å². The molecule has 0 saturated carbocycles. The smallest absolute Gasteiger partial charge is 0.251 e. The molecule has 0 saturated heterocycles. The fourth-order valence-corrected chi connectivity index (χ4v) is 1.36. The molecule has 1 unspecified atom stereocenters. The fourth-order valence-electron chi connectivity index (χ4n) is 1.36. The highest BCUT2D eigenvalue weighted by molar-refractivity contribution is 5.96. The lowest BCUT2D eigenvalue weighted by Crippen LogP contribution is -2.38. The topological polar surface area (TPSA) is 55.1 Å². The number of hydrogen-bond acceptors (Lipinski definition) is 2. The van der Waals surface area contributed by atoms with Crippen molar-refractivity contribution in [2.24, 2.45) is 5.73 Å². The average Bonchev–Trinajstić information content (AvgIpc) is 2.21. The van der Waals surface area contributed by atoms with Crippen molar-refractivity contribution < 1.29 is 4.79 Å². The zero-order valence-corrected chi connectivity index (χ0v) is 9.50. The molecule has 0 fully saturated rings. The van der Waals surface area contributed by atoms with Crippen LogP contribution in [0.5, 0.6) is 0 Å². The number of benzene rings is 1. The zero-order valence-electron chi connectivity index (χ0n) is 9.50. The van der Waals surface area contributed by atoms with E-state index >= 15 is 0 Å². The first-order chi connectivity index (χ1) is 7.06. The average molecular weight is 206 g/mol. The number of carbonyl (C=O) groups excluding carboxylic acids is 1. The summed E-state index contributed by atoms with van der Waals surface area (Å²) >= 11 is 0. The minimum Gasteiger partial charge on any atom is -0.348 e. The molecule has 82 valence electrons. The Balaban J connectivity index is 2.87. The molecule has 3 nitrogen and oxygen atoms in total. The van der Waals surface area contributed by atoms with Crippen molar-refractivity contribution in [1.82, 2.24) is 5.32 Å². The van der Waals surface area contributed by atoms with E-state index in [2.05, 4.69) is 5.32 Å². The van der Waals surface area contributed by atoms with Gasteiger partial charge in [0.15, 0.2) is 0 Å². The largest absolute Gasteiger partial charge is 0.348 e. The van der Waals surface area contributed by atoms with Gasteiger partial charge in [0.2, 0.25) is 0 Å². The van der Waals surface area contributed by atoms with Gasteiger partial charge in [0, 0.05) is 18.2 Å². The summed E-state index contributed by atoms with van der Waals surface area (Å²) in [5.41, 5.74) is 8.34. The fraction of sp³-hybridized carbons (Fsp3) is 0.417. The highest BCUT2D eigenvalue weighted by atomic mass is 16.1. The monoisotopic (exact) mass is 206 g/mol. The van der Waals surface area contributed by atoms with Gasteiger partial charge in [0.1, 0.15) is 0 Å². The van der Waals surface area contributed by atoms with Crippen LogP contribution in [0.15, 0.2) is 18.2 Å². The summed E-state index contributed by atoms with van der Waals surface area (Å²) in [5, 5.41) is 2.85. The number of rotatable bonds is 3. The van der Waals surface area contributed by atoms with Gasteiger partial charge in [0.25, 0.3) is 5.91 Å². The van der Waals surface area contributed by atoms with Crippen LogP contribution in [0, 0.1) is 13.8 Å². The highest BCUT2D eigenvalue weighted by Crippen LogP contribution is 2.12. The number of nitrogens with two attached hydrogens (primary N) is 1. The van der Waals surface area contributed by atoms with Gasteiger partial charge < -0.3 is 11.1 Å². The maximum atomic E-state index is 11.8. The van der Waals surface area contributed by atoms with Crippen molar-refractivity contribution >= 4 is 5.91 Å². The van der Waals surface area contributed by atoms with E-state index in [-0.39, 0.29) is 11.9 Å². The molecule has 0 aliphatic heterocycles. The van der Waals surface area contributed by atoms with Crippen molar-refractivity contribution in [3.05, 3.63) is 34.9 Å². The predicted molar refractivity (Wildman–Crippen MR) is 61.9 cm³/mol. The van der Waals surface area contributed by atoms with Crippen molar-refractivity contribution in [2.75, 3.05) is 6.54 Å². The maximum Gasteiger partial charge on any atom is 0.251 e. The minimum absolute atomic E-state index is 0.0115. The van der Waals surface area contributed by atoms with E-state index in [4.69, 9.17) is 5.73 Å². The standard InChI is InChI=1S/C12H18N2O/c1-8-5-4-6-11(10(8)3)12(15)14-9(2)7-13/h4-6,9H,7,13H2,1-3H3,(H,14,15). The molecule has 0 bridgehead atoms. The molecule has 1 aromatic carbocycles. The third-order valence-electron chi connectivity index (χ3n) is 2.58. The summed E-state index contributed by atoms with van der Waals surface area (Å²) in [6, 6.07) is 5.74. The Kier molecular flexibility index (Phi) is 3.86. The Labute approximate surface area is 90.7 Å². The van der Waals surface area contributed by atoms with E-state index in [1.165, 1.54) is 0 Å². The van der Waals surface area contributed by atoms with Crippen LogP contribution in [0.1, 0.15) is 28.4 Å². The Bertz CT molecular complexity index is 361. The van der Waals surface area contributed by atoms with Crippen molar-refractivity contribution in [2.45, 2.75) is 26.8 Å². The number of hydrogen-bond donors (Lipinski definition) is 2. The van der Waals surface area contributed by atoms with E-state index in [1.807, 2.05) is 39.0 Å². The van der Waals surface area contributed by atoms with Gasteiger partial charge in [-0.3, -0.25) is 4.79 Å². The zero-order chi connectivity index (χ0) is 11.4. The third kappa shape index (κ3) is 2.80. The van der Waals surface area contributed by atoms with Crippen molar-refractivity contribution in [1.29, 1.82) is 0 Å². The second-order valence-corrected chi connectivity index (χ2v) is 3.86. The molecule has 0 aliphatic carbocycles. The molecule has 0 heterocycles. The van der Waals surface area contributed by atoms with E-state index in [1.54, 1.807) is 0 Å². The summed E-state index contributed by atoms with van der Waals surface area (Å²) in [6.45, 7) is 6.30. The van der Waals surface area contributed by atoms with Crippen LogP contribution >= 0.6 is 0 Å².